The summed E-state index contributed by atoms with van der Waals surface area (Å²) in [7, 11) is -3.99. The Kier molecular flexibility index (Phi) is 6.45. The minimum absolute atomic E-state index is 0.00185. The van der Waals surface area contributed by atoms with E-state index in [9.17, 15) is 21.6 Å². The van der Waals surface area contributed by atoms with E-state index in [4.69, 9.17) is 33.2 Å². The lowest BCUT2D eigenvalue weighted by Gasteiger charge is -2.29. The Morgan fingerprint density at radius 3 is 2.30 bits per heavy atom. The van der Waals surface area contributed by atoms with Crippen molar-refractivity contribution < 1.29 is 26.4 Å². The number of rotatable bonds is 4. The molecule has 0 radical (unpaired) electrons. The molecule has 0 bridgehead atoms. The predicted octanol–water partition coefficient (Wildman–Crippen LogP) is 5.56. The van der Waals surface area contributed by atoms with Crippen LogP contribution in [0, 0.1) is 0 Å². The van der Waals surface area contributed by atoms with Gasteiger partial charge in [0.2, 0.25) is 10.0 Å². The van der Waals surface area contributed by atoms with E-state index in [-0.39, 0.29) is 31.4 Å². The molecular formula is C17H12BrCl2F3N2O3S2. The fraction of sp³-hybridized carbons (Fsp3) is 0.235. The summed E-state index contributed by atoms with van der Waals surface area (Å²) in [5.74, 6) is 0. The first kappa shape index (κ1) is 23.7. The number of thiol groups is 1. The molecule has 5 nitrogen and oxygen atoms in total. The van der Waals surface area contributed by atoms with Crippen LogP contribution < -0.4 is 5.14 Å². The lowest BCUT2D eigenvalue weighted by molar-refractivity contribution is -0.275. The Morgan fingerprint density at radius 1 is 1.20 bits per heavy atom. The molecule has 2 atom stereocenters. The van der Waals surface area contributed by atoms with E-state index in [1.165, 1.54) is 24.3 Å². The molecule has 2 aromatic carbocycles. The molecule has 0 aliphatic carbocycles. The average Bonchev–Trinajstić information content (AvgIpc) is 3.06. The van der Waals surface area contributed by atoms with Crippen molar-refractivity contribution in [3.05, 3.63) is 67.6 Å². The minimum Gasteiger partial charge on any atom is -0.374 e. The number of primary sulfonamides is 1. The van der Waals surface area contributed by atoms with Gasteiger partial charge in [-0.25, -0.2) is 13.6 Å². The van der Waals surface area contributed by atoms with E-state index in [2.05, 4.69) is 33.7 Å². The molecule has 1 aliphatic heterocycles. The standard InChI is InChI=1S/C17H12BrCl2F3N2O3S2/c18-13-3-8(1-2-12(13)15(29)30(24,26)27)14-7-16(28-25-14,17(21,22)23)9-4-10(19)6-11(20)5-9/h1-6,15,29H,7H2,(H2,24,26,27). The van der Waals surface area contributed by atoms with E-state index in [0.717, 1.165) is 12.1 Å². The Labute approximate surface area is 193 Å². The third-order valence-electron chi connectivity index (χ3n) is 4.43. The first-order valence-electron chi connectivity index (χ1n) is 8.02. The molecule has 1 heterocycles. The zero-order valence-electron chi connectivity index (χ0n) is 14.6. The largest absolute Gasteiger partial charge is 0.435 e. The van der Waals surface area contributed by atoms with Crippen molar-refractivity contribution in [2.75, 3.05) is 0 Å². The van der Waals surface area contributed by atoms with Crippen molar-refractivity contribution in [3.63, 3.8) is 0 Å². The van der Waals surface area contributed by atoms with Crippen LogP contribution in [0.2, 0.25) is 10.0 Å². The highest BCUT2D eigenvalue weighted by molar-refractivity contribution is 9.10. The minimum atomic E-state index is -4.83. The van der Waals surface area contributed by atoms with E-state index in [0.29, 0.717) is 5.56 Å². The SMILES string of the molecule is NS(=O)(=O)C(S)c1ccc(C2=NOC(c3cc(Cl)cc(Cl)c3)(C(F)(F)F)C2)cc1Br. The quantitative estimate of drug-likeness (QED) is 0.478. The molecule has 1 aliphatic rings. The fourth-order valence-corrected chi connectivity index (χ4v) is 5.18. The van der Waals surface area contributed by atoms with Gasteiger partial charge in [-0.3, -0.25) is 0 Å². The van der Waals surface area contributed by atoms with Crippen LogP contribution in [0.15, 0.2) is 46.0 Å². The van der Waals surface area contributed by atoms with E-state index in [1.54, 1.807) is 0 Å². The molecule has 30 heavy (non-hydrogen) atoms. The summed E-state index contributed by atoms with van der Waals surface area (Å²) >= 11 is 18.9. The Balaban J connectivity index is 2.00. The summed E-state index contributed by atoms with van der Waals surface area (Å²) in [5.41, 5.74) is -2.53. The van der Waals surface area contributed by atoms with Crippen LogP contribution in [0.25, 0.3) is 0 Å². The van der Waals surface area contributed by atoms with Crippen molar-refractivity contribution in [2.24, 2.45) is 10.3 Å². The average molecular weight is 564 g/mol. The van der Waals surface area contributed by atoms with Crippen LogP contribution in [0.5, 0.6) is 0 Å². The molecule has 2 N–H and O–H groups in total. The van der Waals surface area contributed by atoms with Crippen LogP contribution in [-0.2, 0) is 20.5 Å². The number of alkyl halides is 3. The van der Waals surface area contributed by atoms with Crippen LogP contribution in [0.3, 0.4) is 0 Å². The van der Waals surface area contributed by atoms with Gasteiger partial charge in [-0.05, 0) is 29.8 Å². The predicted molar refractivity (Wildman–Crippen MR) is 115 cm³/mol. The highest BCUT2D eigenvalue weighted by Gasteiger charge is 2.62. The maximum atomic E-state index is 14.1. The maximum Gasteiger partial charge on any atom is 0.435 e. The second-order valence-corrected chi connectivity index (χ2v) is 10.7. The Morgan fingerprint density at radius 2 is 1.80 bits per heavy atom. The molecule has 13 heteroatoms. The highest BCUT2D eigenvalue weighted by atomic mass is 79.9. The number of hydrogen-bond acceptors (Lipinski definition) is 5. The van der Waals surface area contributed by atoms with Crippen molar-refractivity contribution >= 4 is 67.5 Å². The van der Waals surface area contributed by atoms with Crippen molar-refractivity contribution in [1.29, 1.82) is 0 Å². The summed E-state index contributed by atoms with van der Waals surface area (Å²) in [6.45, 7) is 0. The van der Waals surface area contributed by atoms with Gasteiger partial charge in [0.25, 0.3) is 5.60 Å². The Hall–Kier alpha value is -0.980. The summed E-state index contributed by atoms with van der Waals surface area (Å²) in [5, 5.41) is 8.79. The lowest BCUT2D eigenvalue weighted by Crippen LogP contribution is -2.42. The van der Waals surface area contributed by atoms with Crippen molar-refractivity contribution in [1.82, 2.24) is 0 Å². The summed E-state index contributed by atoms with van der Waals surface area (Å²) in [4.78, 5) is 4.94. The van der Waals surface area contributed by atoms with Gasteiger partial charge in [0.15, 0.2) is 0 Å². The lowest BCUT2D eigenvalue weighted by atomic mass is 9.86. The Bertz CT molecular complexity index is 1130. The van der Waals surface area contributed by atoms with Crippen LogP contribution >= 0.6 is 51.8 Å². The van der Waals surface area contributed by atoms with Crippen LogP contribution in [0.1, 0.15) is 27.7 Å². The molecule has 0 saturated heterocycles. The third-order valence-corrected chi connectivity index (χ3v) is 7.58. The molecule has 0 aromatic heterocycles. The van der Waals surface area contributed by atoms with Gasteiger partial charge in [-0.2, -0.15) is 25.8 Å². The normalized spacial score (nSPS) is 20.6. The maximum absolute atomic E-state index is 14.1. The molecule has 0 amide bonds. The number of sulfonamides is 1. The molecule has 0 fully saturated rings. The van der Waals surface area contributed by atoms with Gasteiger partial charge in [0.05, 0.1) is 5.71 Å². The second-order valence-electron chi connectivity index (χ2n) is 6.47. The van der Waals surface area contributed by atoms with Crippen molar-refractivity contribution in [3.8, 4) is 0 Å². The highest BCUT2D eigenvalue weighted by Crippen LogP contribution is 2.50. The number of nitrogens with zero attached hydrogens (tertiary/aromatic N) is 1. The van der Waals surface area contributed by atoms with Gasteiger partial charge in [-0.1, -0.05) is 56.4 Å². The molecule has 162 valence electrons. The summed E-state index contributed by atoms with van der Waals surface area (Å²) in [6, 6.07) is 7.76. The first-order chi connectivity index (χ1) is 13.7. The first-order valence-corrected chi connectivity index (χ1v) is 11.7. The zero-order chi connectivity index (χ0) is 22.5. The number of hydrogen-bond donors (Lipinski definition) is 2. The van der Waals surface area contributed by atoms with E-state index < -0.39 is 32.8 Å². The van der Waals surface area contributed by atoms with Crippen LogP contribution in [-0.4, -0.2) is 20.3 Å². The summed E-state index contributed by atoms with van der Waals surface area (Å²) < 4.78 is 64.2. The van der Waals surface area contributed by atoms with E-state index >= 15 is 0 Å². The number of oxime groups is 1. The molecular weight excluding hydrogens is 552 g/mol. The second kappa shape index (κ2) is 8.18. The number of benzene rings is 2. The van der Waals surface area contributed by atoms with Gasteiger partial charge < -0.3 is 4.84 Å². The monoisotopic (exact) mass is 562 g/mol. The van der Waals surface area contributed by atoms with Crippen molar-refractivity contribution in [2.45, 2.75) is 22.8 Å². The molecule has 2 aromatic rings. The molecule has 2 unspecified atom stereocenters. The molecule has 3 rings (SSSR count). The fourth-order valence-electron chi connectivity index (χ4n) is 2.93. The molecule has 0 saturated carbocycles. The molecule has 0 spiro atoms. The zero-order valence-corrected chi connectivity index (χ0v) is 19.4. The van der Waals surface area contributed by atoms with Gasteiger partial charge >= 0.3 is 6.18 Å². The summed E-state index contributed by atoms with van der Waals surface area (Å²) in [6.07, 6.45) is -5.47. The van der Waals surface area contributed by atoms with E-state index in [1.807, 2.05) is 0 Å². The third kappa shape index (κ3) is 4.46. The van der Waals surface area contributed by atoms with Gasteiger partial charge in [0.1, 0.15) is 4.58 Å². The van der Waals surface area contributed by atoms with Gasteiger partial charge in [-0.15, -0.1) is 0 Å². The topological polar surface area (TPSA) is 81.8 Å². The van der Waals surface area contributed by atoms with Crippen LogP contribution in [0.4, 0.5) is 13.2 Å². The number of halogens is 6. The number of nitrogens with two attached hydrogens (primary N) is 1. The smallest absolute Gasteiger partial charge is 0.374 e. The van der Waals surface area contributed by atoms with Gasteiger partial charge in [0, 0.05) is 32.1 Å².